The Balaban J connectivity index is 1.71. The van der Waals surface area contributed by atoms with Gasteiger partial charge >= 0.3 is 0 Å². The number of benzene rings is 1. The zero-order valence-electron chi connectivity index (χ0n) is 12.0. The zero-order chi connectivity index (χ0) is 14.1. The number of fused-ring (bicyclic) bond motifs is 2. The smallest absolute Gasteiger partial charge is 0.0992 e. The van der Waals surface area contributed by atoms with Gasteiger partial charge in [0.1, 0.15) is 0 Å². The highest BCUT2D eigenvalue weighted by Crippen LogP contribution is 2.34. The Morgan fingerprint density at radius 2 is 2.00 bits per heavy atom. The lowest BCUT2D eigenvalue weighted by Gasteiger charge is -2.47. The Hall–Kier alpha value is -1.73. The van der Waals surface area contributed by atoms with Crippen LogP contribution >= 0.6 is 0 Å². The summed E-state index contributed by atoms with van der Waals surface area (Å²) in [6, 6.07) is 9.54. The molecule has 2 heterocycles. The number of hydrogen-bond acceptors (Lipinski definition) is 4. The maximum absolute atomic E-state index is 8.88. The van der Waals surface area contributed by atoms with E-state index >= 15 is 0 Å². The largest absolute Gasteiger partial charge is 0.397 e. The summed E-state index contributed by atoms with van der Waals surface area (Å²) < 4.78 is 0. The van der Waals surface area contributed by atoms with Gasteiger partial charge in [-0.05, 0) is 50.9 Å². The van der Waals surface area contributed by atoms with Gasteiger partial charge in [0.2, 0.25) is 0 Å². The van der Waals surface area contributed by atoms with Crippen molar-refractivity contribution in [2.75, 3.05) is 18.1 Å². The average molecular weight is 270 g/mol. The van der Waals surface area contributed by atoms with E-state index < -0.39 is 0 Å². The third kappa shape index (κ3) is 2.46. The molecule has 20 heavy (non-hydrogen) atoms. The molecule has 4 nitrogen and oxygen atoms in total. The molecule has 4 heteroatoms. The van der Waals surface area contributed by atoms with Crippen molar-refractivity contribution in [2.45, 2.75) is 50.2 Å². The van der Waals surface area contributed by atoms with Crippen LogP contribution in [0.4, 0.5) is 11.4 Å². The van der Waals surface area contributed by atoms with E-state index in [1.165, 1.54) is 32.1 Å². The molecule has 0 amide bonds. The molecule has 106 valence electrons. The van der Waals surface area contributed by atoms with Crippen molar-refractivity contribution in [1.82, 2.24) is 4.90 Å². The van der Waals surface area contributed by atoms with E-state index in [0.717, 1.165) is 5.69 Å². The summed E-state index contributed by atoms with van der Waals surface area (Å²) in [4.78, 5) is 2.56. The van der Waals surface area contributed by atoms with Crippen molar-refractivity contribution < 1.29 is 0 Å². The minimum absolute atomic E-state index is 0.497. The minimum Gasteiger partial charge on any atom is -0.397 e. The van der Waals surface area contributed by atoms with Gasteiger partial charge in [0.15, 0.2) is 0 Å². The molecule has 2 aliphatic rings. The SMILES string of the molecule is CN1C2CCCC1CC(Nc1ccc(C#N)cc1N)C2. The fraction of sp³-hybridized carbons (Fsp3) is 0.562. The van der Waals surface area contributed by atoms with Crippen molar-refractivity contribution in [2.24, 2.45) is 0 Å². The van der Waals surface area contributed by atoms with Crippen LogP contribution in [0.5, 0.6) is 0 Å². The van der Waals surface area contributed by atoms with E-state index in [-0.39, 0.29) is 0 Å². The summed E-state index contributed by atoms with van der Waals surface area (Å²) in [5.41, 5.74) is 8.30. The Labute approximate surface area is 120 Å². The maximum atomic E-state index is 8.88. The van der Waals surface area contributed by atoms with Crippen LogP contribution in [0, 0.1) is 11.3 Å². The van der Waals surface area contributed by atoms with Crippen LogP contribution < -0.4 is 11.1 Å². The van der Waals surface area contributed by atoms with Crippen molar-refractivity contribution in [1.29, 1.82) is 5.26 Å². The topological polar surface area (TPSA) is 65.1 Å². The summed E-state index contributed by atoms with van der Waals surface area (Å²) in [6.45, 7) is 0. The third-order valence-electron chi connectivity index (χ3n) is 4.88. The number of nitriles is 1. The predicted molar refractivity (Wildman–Crippen MR) is 81.4 cm³/mol. The monoisotopic (exact) mass is 270 g/mol. The highest BCUT2D eigenvalue weighted by Gasteiger charge is 2.35. The lowest BCUT2D eigenvalue weighted by Crippen LogP contribution is -2.52. The van der Waals surface area contributed by atoms with Gasteiger partial charge in [-0.15, -0.1) is 0 Å². The normalized spacial score (nSPS) is 29.7. The molecule has 0 saturated carbocycles. The summed E-state index contributed by atoms with van der Waals surface area (Å²) in [5, 5.41) is 12.5. The number of nitrogens with two attached hydrogens (primary N) is 1. The van der Waals surface area contributed by atoms with Crippen LogP contribution in [0.2, 0.25) is 0 Å². The van der Waals surface area contributed by atoms with Gasteiger partial charge in [-0.1, -0.05) is 6.42 Å². The molecule has 0 aliphatic carbocycles. The first-order valence-electron chi connectivity index (χ1n) is 7.45. The molecule has 2 bridgehead atoms. The lowest BCUT2D eigenvalue weighted by atomic mass is 9.82. The van der Waals surface area contributed by atoms with E-state index in [1.54, 1.807) is 6.07 Å². The number of rotatable bonds is 2. The van der Waals surface area contributed by atoms with Gasteiger partial charge in [-0.25, -0.2) is 0 Å². The molecule has 0 spiro atoms. The molecule has 2 atom stereocenters. The summed E-state index contributed by atoms with van der Waals surface area (Å²) in [6.07, 6.45) is 6.37. The van der Waals surface area contributed by atoms with Crippen LogP contribution in [-0.2, 0) is 0 Å². The van der Waals surface area contributed by atoms with E-state index in [2.05, 4.69) is 23.3 Å². The third-order valence-corrected chi connectivity index (χ3v) is 4.88. The highest BCUT2D eigenvalue weighted by atomic mass is 15.2. The molecule has 0 aromatic heterocycles. The molecular weight excluding hydrogens is 248 g/mol. The van der Waals surface area contributed by atoms with Crippen molar-refractivity contribution >= 4 is 11.4 Å². The second kappa shape index (κ2) is 5.34. The summed E-state index contributed by atoms with van der Waals surface area (Å²) in [7, 11) is 2.26. The fourth-order valence-corrected chi connectivity index (χ4v) is 3.72. The lowest BCUT2D eigenvalue weighted by molar-refractivity contribution is 0.0608. The predicted octanol–water partition coefficient (Wildman–Crippen LogP) is 2.57. The van der Waals surface area contributed by atoms with Gasteiger partial charge in [0, 0.05) is 18.1 Å². The van der Waals surface area contributed by atoms with Gasteiger partial charge in [-0.2, -0.15) is 5.26 Å². The standard InChI is InChI=1S/C16H22N4/c1-20-13-3-2-4-14(20)9-12(8-13)19-16-6-5-11(10-17)7-15(16)18/h5-7,12-14,19H,2-4,8-9,18H2,1H3. The zero-order valence-corrected chi connectivity index (χ0v) is 12.0. The van der Waals surface area contributed by atoms with Gasteiger partial charge in [0.05, 0.1) is 23.0 Å². The van der Waals surface area contributed by atoms with Gasteiger partial charge < -0.3 is 16.0 Å². The van der Waals surface area contributed by atoms with E-state index in [1.807, 2.05) is 12.1 Å². The molecule has 2 unspecified atom stereocenters. The van der Waals surface area contributed by atoms with Crippen LogP contribution in [0.3, 0.4) is 0 Å². The minimum atomic E-state index is 0.497. The summed E-state index contributed by atoms with van der Waals surface area (Å²) >= 11 is 0. The molecule has 1 aromatic rings. The highest BCUT2D eigenvalue weighted by molar-refractivity contribution is 5.68. The van der Waals surface area contributed by atoms with Crippen LogP contribution in [0.1, 0.15) is 37.7 Å². The molecule has 3 rings (SSSR count). The molecular formula is C16H22N4. The molecule has 2 saturated heterocycles. The van der Waals surface area contributed by atoms with Crippen molar-refractivity contribution in [3.8, 4) is 6.07 Å². The van der Waals surface area contributed by atoms with Crippen LogP contribution in [0.15, 0.2) is 18.2 Å². The first-order chi connectivity index (χ1) is 9.67. The number of anilines is 2. The Kier molecular flexibility index (Phi) is 3.54. The second-order valence-electron chi connectivity index (χ2n) is 6.13. The van der Waals surface area contributed by atoms with E-state index in [9.17, 15) is 0 Å². The van der Waals surface area contributed by atoms with Crippen LogP contribution in [-0.4, -0.2) is 30.1 Å². The fourth-order valence-electron chi connectivity index (χ4n) is 3.72. The second-order valence-corrected chi connectivity index (χ2v) is 6.13. The van der Waals surface area contributed by atoms with Gasteiger partial charge in [0.25, 0.3) is 0 Å². The Morgan fingerprint density at radius 3 is 2.60 bits per heavy atom. The molecule has 2 fully saturated rings. The first-order valence-corrected chi connectivity index (χ1v) is 7.45. The summed E-state index contributed by atoms with van der Waals surface area (Å²) in [5.74, 6) is 0. The molecule has 2 aliphatic heterocycles. The van der Waals surface area contributed by atoms with Gasteiger partial charge in [-0.3, -0.25) is 0 Å². The molecule has 1 aromatic carbocycles. The van der Waals surface area contributed by atoms with Crippen molar-refractivity contribution in [3.05, 3.63) is 23.8 Å². The Morgan fingerprint density at radius 1 is 1.30 bits per heavy atom. The van der Waals surface area contributed by atoms with Crippen LogP contribution in [0.25, 0.3) is 0 Å². The number of nitrogen functional groups attached to an aromatic ring is 1. The number of nitrogens with zero attached hydrogens (tertiary/aromatic N) is 2. The first kappa shape index (κ1) is 13.3. The molecule has 3 N–H and O–H groups in total. The van der Waals surface area contributed by atoms with Crippen molar-refractivity contribution in [3.63, 3.8) is 0 Å². The maximum Gasteiger partial charge on any atom is 0.0992 e. The number of nitrogens with one attached hydrogen (secondary N) is 1. The quantitative estimate of drug-likeness (QED) is 0.811. The number of hydrogen-bond donors (Lipinski definition) is 2. The van der Waals surface area contributed by atoms with E-state index in [4.69, 9.17) is 11.0 Å². The number of piperidine rings is 2. The van der Waals surface area contributed by atoms with E-state index in [0.29, 0.717) is 29.4 Å². The average Bonchev–Trinajstić information content (AvgIpc) is 2.42. The Bertz CT molecular complexity index is 520. The molecule has 0 radical (unpaired) electrons.